The lowest BCUT2D eigenvalue weighted by Crippen LogP contribution is -2.35. The van der Waals surface area contributed by atoms with Crippen LogP contribution in [0.1, 0.15) is 43.0 Å². The number of amides is 2. The molecule has 0 saturated heterocycles. The Balaban J connectivity index is 2.60. The van der Waals surface area contributed by atoms with Crippen molar-refractivity contribution in [1.29, 1.82) is 0 Å². The minimum atomic E-state index is -0.469. The monoisotopic (exact) mass is 365 g/mol. The van der Waals surface area contributed by atoms with Gasteiger partial charge >= 0.3 is 5.97 Å². The molecule has 1 rings (SSSR count). The van der Waals surface area contributed by atoms with E-state index in [1.54, 1.807) is 24.3 Å². The minimum absolute atomic E-state index is 0.0264. The van der Waals surface area contributed by atoms with E-state index in [1.165, 1.54) is 7.11 Å². The Morgan fingerprint density at radius 1 is 1.16 bits per heavy atom. The van der Waals surface area contributed by atoms with Gasteiger partial charge in [0, 0.05) is 13.0 Å². The van der Waals surface area contributed by atoms with Gasteiger partial charge in [0.15, 0.2) is 5.11 Å². The van der Waals surface area contributed by atoms with Gasteiger partial charge in [-0.3, -0.25) is 14.4 Å². The van der Waals surface area contributed by atoms with Crippen molar-refractivity contribution in [2.75, 3.05) is 19.0 Å². The van der Waals surface area contributed by atoms with Crippen LogP contribution < -0.4 is 16.0 Å². The maximum absolute atomic E-state index is 12.2. The smallest absolute Gasteiger partial charge is 0.306 e. The van der Waals surface area contributed by atoms with E-state index in [0.717, 1.165) is 12.8 Å². The molecule has 1 aromatic carbocycles. The Labute approximate surface area is 152 Å². The quantitative estimate of drug-likeness (QED) is 0.370. The van der Waals surface area contributed by atoms with Gasteiger partial charge in [-0.05, 0) is 30.8 Å². The lowest BCUT2D eigenvalue weighted by molar-refractivity contribution is -0.142. The SMILES string of the molecule is CCCCNC(=O)c1ccccc1NC(=S)NC(=O)CCC(=O)OC. The van der Waals surface area contributed by atoms with Gasteiger partial charge in [-0.1, -0.05) is 25.5 Å². The first kappa shape index (κ1) is 20.6. The molecule has 1 aromatic rings. The third-order valence-electron chi connectivity index (χ3n) is 3.27. The van der Waals surface area contributed by atoms with E-state index < -0.39 is 11.9 Å². The second-order valence-corrected chi connectivity index (χ2v) is 5.64. The molecule has 0 heterocycles. The van der Waals surface area contributed by atoms with Gasteiger partial charge in [-0.2, -0.15) is 0 Å². The van der Waals surface area contributed by atoms with Crippen LogP contribution in [0, 0.1) is 0 Å². The average Bonchev–Trinajstić information content (AvgIpc) is 2.60. The van der Waals surface area contributed by atoms with Gasteiger partial charge in [0.05, 0.1) is 24.8 Å². The van der Waals surface area contributed by atoms with Gasteiger partial charge < -0.3 is 20.7 Å². The predicted molar refractivity (Wildman–Crippen MR) is 99.3 cm³/mol. The number of unbranched alkanes of at least 4 members (excludes halogenated alkanes) is 1. The van der Waals surface area contributed by atoms with Crippen LogP contribution in [0.3, 0.4) is 0 Å². The van der Waals surface area contributed by atoms with Crippen molar-refractivity contribution in [2.24, 2.45) is 0 Å². The maximum Gasteiger partial charge on any atom is 0.306 e. The molecule has 0 atom stereocenters. The van der Waals surface area contributed by atoms with Crippen LogP contribution >= 0.6 is 12.2 Å². The van der Waals surface area contributed by atoms with E-state index in [9.17, 15) is 14.4 Å². The van der Waals surface area contributed by atoms with Crippen LogP contribution in [0.4, 0.5) is 5.69 Å². The maximum atomic E-state index is 12.2. The number of hydrogen-bond acceptors (Lipinski definition) is 5. The summed E-state index contributed by atoms with van der Waals surface area (Å²) in [5, 5.41) is 8.20. The summed E-state index contributed by atoms with van der Waals surface area (Å²) in [4.78, 5) is 35.0. The number of anilines is 1. The standard InChI is InChI=1S/C17H23N3O4S/c1-3-4-11-18-16(23)12-7-5-6-8-13(12)19-17(25)20-14(21)9-10-15(22)24-2/h5-8H,3-4,9-11H2,1-2H3,(H,18,23)(H2,19,20,21,25). The van der Waals surface area contributed by atoms with E-state index in [1.807, 2.05) is 6.92 Å². The highest BCUT2D eigenvalue weighted by Crippen LogP contribution is 2.15. The van der Waals surface area contributed by atoms with E-state index in [4.69, 9.17) is 12.2 Å². The zero-order valence-electron chi connectivity index (χ0n) is 14.4. The van der Waals surface area contributed by atoms with Crippen LogP contribution in [0.2, 0.25) is 0 Å². The number of carbonyl (C=O) groups excluding carboxylic acids is 3. The molecule has 0 fully saturated rings. The summed E-state index contributed by atoms with van der Waals surface area (Å²) in [6.45, 7) is 2.64. The summed E-state index contributed by atoms with van der Waals surface area (Å²) in [6.07, 6.45) is 1.83. The summed E-state index contributed by atoms with van der Waals surface area (Å²) in [5.74, 6) is -1.09. The lowest BCUT2D eigenvalue weighted by Gasteiger charge is -2.13. The molecule has 25 heavy (non-hydrogen) atoms. The molecule has 0 aromatic heterocycles. The molecule has 0 bridgehead atoms. The van der Waals surface area contributed by atoms with Crippen LogP contribution in [0.15, 0.2) is 24.3 Å². The third-order valence-corrected chi connectivity index (χ3v) is 3.48. The average molecular weight is 365 g/mol. The Morgan fingerprint density at radius 2 is 1.88 bits per heavy atom. The Bertz CT molecular complexity index is 634. The highest BCUT2D eigenvalue weighted by atomic mass is 32.1. The van der Waals surface area contributed by atoms with Crippen molar-refractivity contribution in [3.63, 3.8) is 0 Å². The fourth-order valence-corrected chi connectivity index (χ4v) is 2.15. The van der Waals surface area contributed by atoms with Crippen molar-refractivity contribution >= 4 is 40.8 Å². The van der Waals surface area contributed by atoms with Gasteiger partial charge in [0.25, 0.3) is 5.91 Å². The van der Waals surface area contributed by atoms with Crippen LogP contribution in [0.25, 0.3) is 0 Å². The second kappa shape index (κ2) is 11.1. The topological polar surface area (TPSA) is 96.5 Å². The number of benzene rings is 1. The van der Waals surface area contributed by atoms with Crippen molar-refractivity contribution in [1.82, 2.24) is 10.6 Å². The molecule has 2 amide bonds. The predicted octanol–water partition coefficient (Wildman–Crippen LogP) is 1.98. The first-order chi connectivity index (χ1) is 12.0. The Morgan fingerprint density at radius 3 is 2.56 bits per heavy atom. The van der Waals surface area contributed by atoms with E-state index in [2.05, 4.69) is 20.7 Å². The molecule has 0 aliphatic heterocycles. The lowest BCUT2D eigenvalue weighted by atomic mass is 10.1. The first-order valence-electron chi connectivity index (χ1n) is 8.02. The Hall–Kier alpha value is -2.48. The molecule has 0 unspecified atom stereocenters. The van der Waals surface area contributed by atoms with Crippen LogP contribution in [0.5, 0.6) is 0 Å². The van der Waals surface area contributed by atoms with Crippen molar-refractivity contribution in [3.8, 4) is 0 Å². The zero-order valence-corrected chi connectivity index (χ0v) is 15.2. The van der Waals surface area contributed by atoms with Gasteiger partial charge in [0.2, 0.25) is 5.91 Å². The van der Waals surface area contributed by atoms with Crippen LogP contribution in [-0.2, 0) is 14.3 Å². The number of nitrogens with one attached hydrogen (secondary N) is 3. The third kappa shape index (κ3) is 7.75. The number of rotatable bonds is 8. The van der Waals surface area contributed by atoms with Crippen molar-refractivity contribution in [2.45, 2.75) is 32.6 Å². The van der Waals surface area contributed by atoms with E-state index >= 15 is 0 Å². The van der Waals surface area contributed by atoms with Crippen molar-refractivity contribution in [3.05, 3.63) is 29.8 Å². The van der Waals surface area contributed by atoms with Gasteiger partial charge in [0.1, 0.15) is 0 Å². The summed E-state index contributed by atoms with van der Waals surface area (Å²) < 4.78 is 4.47. The summed E-state index contributed by atoms with van der Waals surface area (Å²) in [6, 6.07) is 6.87. The Kier molecular flexibility index (Phi) is 9.16. The summed E-state index contributed by atoms with van der Waals surface area (Å²) in [5.41, 5.74) is 0.930. The molecular weight excluding hydrogens is 342 g/mol. The molecule has 0 aliphatic rings. The number of thiocarbonyl (C=S) groups is 1. The number of para-hydroxylation sites is 1. The van der Waals surface area contributed by atoms with Gasteiger partial charge in [-0.15, -0.1) is 0 Å². The normalized spacial score (nSPS) is 9.84. The first-order valence-corrected chi connectivity index (χ1v) is 8.43. The largest absolute Gasteiger partial charge is 0.469 e. The molecule has 7 nitrogen and oxygen atoms in total. The van der Waals surface area contributed by atoms with E-state index in [-0.39, 0.29) is 23.9 Å². The summed E-state index contributed by atoms with van der Waals surface area (Å²) in [7, 11) is 1.26. The second-order valence-electron chi connectivity index (χ2n) is 5.23. The zero-order chi connectivity index (χ0) is 18.7. The molecule has 0 radical (unpaired) electrons. The molecule has 0 aliphatic carbocycles. The van der Waals surface area contributed by atoms with Gasteiger partial charge in [-0.25, -0.2) is 0 Å². The molecule has 3 N–H and O–H groups in total. The molecule has 8 heteroatoms. The fourth-order valence-electron chi connectivity index (χ4n) is 1.92. The number of ether oxygens (including phenoxy) is 1. The molecule has 136 valence electrons. The number of esters is 1. The molecule has 0 saturated carbocycles. The minimum Gasteiger partial charge on any atom is -0.469 e. The fraction of sp³-hybridized carbons (Fsp3) is 0.412. The molecule has 0 spiro atoms. The highest BCUT2D eigenvalue weighted by Gasteiger charge is 2.13. The number of carbonyl (C=O) groups is 3. The number of methoxy groups -OCH3 is 1. The van der Waals surface area contributed by atoms with E-state index in [0.29, 0.717) is 17.8 Å². The van der Waals surface area contributed by atoms with Crippen LogP contribution in [-0.4, -0.2) is 36.6 Å². The number of hydrogen-bond donors (Lipinski definition) is 3. The summed E-state index contributed by atoms with van der Waals surface area (Å²) >= 11 is 5.08. The highest BCUT2D eigenvalue weighted by molar-refractivity contribution is 7.80. The molecular formula is C17H23N3O4S. The van der Waals surface area contributed by atoms with Crippen molar-refractivity contribution < 1.29 is 19.1 Å².